The monoisotopic (exact) mass is 1000 g/mol. The lowest BCUT2D eigenvalue weighted by atomic mass is 10.0. The molecular formula is C65H125NO5. The van der Waals surface area contributed by atoms with Crippen LogP contribution in [-0.2, 0) is 14.3 Å². The Hall–Kier alpha value is -1.66. The van der Waals surface area contributed by atoms with E-state index in [9.17, 15) is 19.8 Å². The van der Waals surface area contributed by atoms with E-state index < -0.39 is 12.1 Å². The minimum Gasteiger partial charge on any atom is -0.466 e. The summed E-state index contributed by atoms with van der Waals surface area (Å²) in [6.45, 7) is 4.95. The minimum absolute atomic E-state index is 0.00483. The van der Waals surface area contributed by atoms with Gasteiger partial charge in [-0.3, -0.25) is 9.59 Å². The molecule has 420 valence electrons. The highest BCUT2D eigenvalue weighted by Gasteiger charge is 2.20. The third-order valence-electron chi connectivity index (χ3n) is 15.0. The lowest BCUT2D eigenvalue weighted by molar-refractivity contribution is -0.143. The van der Waals surface area contributed by atoms with Crippen molar-refractivity contribution in [2.24, 2.45) is 0 Å². The molecule has 0 fully saturated rings. The van der Waals surface area contributed by atoms with Crippen LogP contribution in [0.4, 0.5) is 0 Å². The van der Waals surface area contributed by atoms with Crippen LogP contribution in [0.15, 0.2) is 24.3 Å². The normalized spacial score (nSPS) is 12.7. The average Bonchev–Trinajstić information content (AvgIpc) is 3.37. The summed E-state index contributed by atoms with van der Waals surface area (Å²) in [7, 11) is 0. The van der Waals surface area contributed by atoms with Gasteiger partial charge in [0, 0.05) is 12.8 Å². The molecule has 0 rings (SSSR count). The largest absolute Gasteiger partial charge is 0.466 e. The number of carbonyl (C=O) groups is 2. The van der Waals surface area contributed by atoms with Crippen molar-refractivity contribution < 1.29 is 24.5 Å². The zero-order valence-electron chi connectivity index (χ0n) is 48.0. The Balaban J connectivity index is 3.45. The van der Waals surface area contributed by atoms with Crippen molar-refractivity contribution in [1.29, 1.82) is 0 Å². The molecule has 0 bridgehead atoms. The zero-order chi connectivity index (χ0) is 51.4. The third-order valence-corrected chi connectivity index (χ3v) is 15.0. The van der Waals surface area contributed by atoms with E-state index in [2.05, 4.69) is 43.5 Å². The molecule has 0 aromatic heterocycles. The molecule has 0 aliphatic heterocycles. The van der Waals surface area contributed by atoms with Gasteiger partial charge in [0.2, 0.25) is 5.91 Å². The standard InChI is InChI=1S/C65H125NO5/c1-3-5-7-9-11-13-15-17-19-20-21-22-23-24-27-30-33-37-41-45-49-53-57-63(68)62(61-67)66-64(69)58-54-50-46-42-38-34-31-28-25-26-29-32-36-40-44-48-52-56-60-71-65(70)59-55-51-47-43-39-35-18-16-14-12-10-8-6-4-2/h16,18,28,31,62-63,67-68H,3-15,17,19-27,29-30,32-61H2,1-2H3,(H,66,69)/b18-16-,31-28-. The SMILES string of the molecule is CCCCCCC/C=C\CCCCCCCC(=O)OCCCCCCCCCCC/C=C\CCCCCCCC(=O)NC(CO)C(O)CCCCCCCCCCCCCCCCCCCCCCCC. The maximum Gasteiger partial charge on any atom is 0.305 e. The van der Waals surface area contributed by atoms with E-state index in [0.29, 0.717) is 25.9 Å². The number of aliphatic hydroxyl groups is 2. The molecule has 0 aromatic rings. The highest BCUT2D eigenvalue weighted by atomic mass is 16.5. The highest BCUT2D eigenvalue weighted by molar-refractivity contribution is 5.76. The van der Waals surface area contributed by atoms with Crippen LogP contribution in [0.5, 0.6) is 0 Å². The number of rotatable bonds is 60. The van der Waals surface area contributed by atoms with Gasteiger partial charge < -0.3 is 20.3 Å². The molecule has 0 aliphatic rings. The molecular weight excluding hydrogens is 875 g/mol. The first-order chi connectivity index (χ1) is 35.0. The van der Waals surface area contributed by atoms with E-state index in [1.165, 1.54) is 263 Å². The Bertz CT molecular complexity index is 1110. The quantitative estimate of drug-likeness (QED) is 0.0320. The number of ether oxygens (including phenoxy) is 1. The number of carbonyl (C=O) groups excluding carboxylic acids is 2. The van der Waals surface area contributed by atoms with Gasteiger partial charge in [0.1, 0.15) is 0 Å². The predicted octanol–water partition coefficient (Wildman–Crippen LogP) is 20.2. The van der Waals surface area contributed by atoms with Crippen molar-refractivity contribution >= 4 is 11.9 Å². The molecule has 6 nitrogen and oxygen atoms in total. The molecule has 0 spiro atoms. The Kier molecular flexibility index (Phi) is 59.5. The number of hydrogen-bond donors (Lipinski definition) is 3. The highest BCUT2D eigenvalue weighted by Crippen LogP contribution is 2.18. The number of hydrogen-bond acceptors (Lipinski definition) is 5. The summed E-state index contributed by atoms with van der Waals surface area (Å²) in [5, 5.41) is 23.4. The molecule has 0 radical (unpaired) electrons. The van der Waals surface area contributed by atoms with Gasteiger partial charge in [-0.25, -0.2) is 0 Å². The van der Waals surface area contributed by atoms with Crippen LogP contribution in [-0.4, -0.2) is 47.4 Å². The second kappa shape index (κ2) is 60.9. The van der Waals surface area contributed by atoms with Gasteiger partial charge in [-0.15, -0.1) is 0 Å². The van der Waals surface area contributed by atoms with E-state index in [-0.39, 0.29) is 18.5 Å². The Morgan fingerprint density at radius 2 is 0.662 bits per heavy atom. The van der Waals surface area contributed by atoms with Crippen LogP contribution in [0.3, 0.4) is 0 Å². The van der Waals surface area contributed by atoms with Crippen molar-refractivity contribution in [2.75, 3.05) is 13.2 Å². The molecule has 2 unspecified atom stereocenters. The molecule has 0 saturated carbocycles. The van der Waals surface area contributed by atoms with E-state index in [1.54, 1.807) is 0 Å². The van der Waals surface area contributed by atoms with Crippen molar-refractivity contribution in [3.8, 4) is 0 Å². The van der Waals surface area contributed by atoms with Crippen molar-refractivity contribution in [3.05, 3.63) is 24.3 Å². The van der Waals surface area contributed by atoms with Crippen LogP contribution in [0.1, 0.15) is 354 Å². The lowest BCUT2D eigenvalue weighted by Crippen LogP contribution is -2.45. The first kappa shape index (κ1) is 69.3. The van der Waals surface area contributed by atoms with Gasteiger partial charge in [-0.1, -0.05) is 289 Å². The number of amides is 1. The van der Waals surface area contributed by atoms with Crippen LogP contribution < -0.4 is 5.32 Å². The van der Waals surface area contributed by atoms with E-state index in [1.807, 2.05) is 0 Å². The first-order valence-corrected chi connectivity index (χ1v) is 32.1. The molecule has 3 N–H and O–H groups in total. The number of nitrogens with one attached hydrogen (secondary N) is 1. The van der Waals surface area contributed by atoms with Gasteiger partial charge in [-0.2, -0.15) is 0 Å². The Morgan fingerprint density at radius 3 is 1.00 bits per heavy atom. The van der Waals surface area contributed by atoms with Crippen molar-refractivity contribution in [3.63, 3.8) is 0 Å². The number of unbranched alkanes of at least 4 members (excludes halogenated alkanes) is 45. The minimum atomic E-state index is -0.674. The van der Waals surface area contributed by atoms with Gasteiger partial charge in [-0.05, 0) is 77.0 Å². The smallest absolute Gasteiger partial charge is 0.305 e. The molecule has 0 aromatic carbocycles. The number of esters is 1. The molecule has 0 heterocycles. The maximum absolute atomic E-state index is 12.5. The van der Waals surface area contributed by atoms with Crippen LogP contribution in [0.25, 0.3) is 0 Å². The van der Waals surface area contributed by atoms with E-state index in [0.717, 1.165) is 57.8 Å². The molecule has 6 heteroatoms. The third kappa shape index (κ3) is 57.5. The van der Waals surface area contributed by atoms with Gasteiger partial charge >= 0.3 is 5.97 Å². The summed E-state index contributed by atoms with van der Waals surface area (Å²) in [5.41, 5.74) is 0. The zero-order valence-corrected chi connectivity index (χ0v) is 48.0. The molecule has 1 amide bonds. The van der Waals surface area contributed by atoms with Gasteiger partial charge in [0.05, 0.1) is 25.4 Å². The van der Waals surface area contributed by atoms with Crippen LogP contribution in [0, 0.1) is 0 Å². The summed E-state index contributed by atoms with van der Waals surface area (Å²) in [6, 6.07) is -0.553. The summed E-state index contributed by atoms with van der Waals surface area (Å²) in [4.78, 5) is 24.6. The lowest BCUT2D eigenvalue weighted by Gasteiger charge is -2.22. The fraction of sp³-hybridized carbons (Fsp3) is 0.908. The summed E-state index contributed by atoms with van der Waals surface area (Å²) in [6.07, 6.45) is 74.7. The van der Waals surface area contributed by atoms with Crippen molar-refractivity contribution in [1.82, 2.24) is 5.32 Å². The second-order valence-electron chi connectivity index (χ2n) is 22.1. The van der Waals surface area contributed by atoms with E-state index in [4.69, 9.17) is 4.74 Å². The molecule has 0 aliphatic carbocycles. The molecule has 0 saturated heterocycles. The Labute approximate surface area is 443 Å². The van der Waals surface area contributed by atoms with Crippen molar-refractivity contribution in [2.45, 2.75) is 366 Å². The summed E-state index contributed by atoms with van der Waals surface area (Å²) in [5.74, 6) is -0.0507. The summed E-state index contributed by atoms with van der Waals surface area (Å²) < 4.78 is 5.47. The number of aliphatic hydroxyl groups excluding tert-OH is 2. The fourth-order valence-electron chi connectivity index (χ4n) is 10.0. The molecule has 71 heavy (non-hydrogen) atoms. The fourth-order valence-corrected chi connectivity index (χ4v) is 10.0. The topological polar surface area (TPSA) is 95.9 Å². The maximum atomic E-state index is 12.5. The van der Waals surface area contributed by atoms with Crippen LogP contribution >= 0.6 is 0 Å². The van der Waals surface area contributed by atoms with Crippen LogP contribution in [0.2, 0.25) is 0 Å². The number of allylic oxidation sites excluding steroid dienone is 4. The predicted molar refractivity (Wildman–Crippen MR) is 310 cm³/mol. The molecule has 2 atom stereocenters. The van der Waals surface area contributed by atoms with E-state index >= 15 is 0 Å². The average molecular weight is 1000 g/mol. The first-order valence-electron chi connectivity index (χ1n) is 32.1. The van der Waals surface area contributed by atoms with Gasteiger partial charge in [0.25, 0.3) is 0 Å². The summed E-state index contributed by atoms with van der Waals surface area (Å²) >= 11 is 0. The van der Waals surface area contributed by atoms with Gasteiger partial charge in [0.15, 0.2) is 0 Å². The Morgan fingerprint density at radius 1 is 0.380 bits per heavy atom. The second-order valence-corrected chi connectivity index (χ2v) is 22.1.